The summed E-state index contributed by atoms with van der Waals surface area (Å²) >= 11 is 1.26. The van der Waals surface area contributed by atoms with Crippen molar-refractivity contribution in [2.24, 2.45) is 29.6 Å². The van der Waals surface area contributed by atoms with Gasteiger partial charge in [-0.3, -0.25) is 9.78 Å². The lowest BCUT2D eigenvalue weighted by molar-refractivity contribution is -0.127. The van der Waals surface area contributed by atoms with Crippen LogP contribution in [0, 0.1) is 29.6 Å². The van der Waals surface area contributed by atoms with E-state index in [9.17, 15) is 13.2 Å². The van der Waals surface area contributed by atoms with Gasteiger partial charge in [0.25, 0.3) is 10.0 Å². The summed E-state index contributed by atoms with van der Waals surface area (Å²) in [5.41, 5.74) is 0.782. The minimum Gasteiger partial charge on any atom is -0.353 e. The molecule has 5 atom stereocenters. The minimum absolute atomic E-state index is 0.0870. The van der Waals surface area contributed by atoms with Crippen molar-refractivity contribution in [2.45, 2.75) is 61.6 Å². The zero-order valence-corrected chi connectivity index (χ0v) is 21.1. The van der Waals surface area contributed by atoms with Crippen molar-refractivity contribution < 1.29 is 13.2 Å². The Bertz CT molecular complexity index is 1140. The van der Waals surface area contributed by atoms with Crippen LogP contribution in [-0.2, 0) is 14.8 Å². The number of hydrogen-bond acceptors (Lipinski definition) is 5. The van der Waals surface area contributed by atoms with Gasteiger partial charge in [0.2, 0.25) is 5.91 Å². The first-order chi connectivity index (χ1) is 16.5. The Morgan fingerprint density at radius 3 is 2.53 bits per heavy atom. The zero-order chi connectivity index (χ0) is 23.3. The number of rotatable bonds is 5. The second-order valence-electron chi connectivity index (χ2n) is 10.8. The predicted molar refractivity (Wildman–Crippen MR) is 133 cm³/mol. The molecule has 0 radical (unpaired) electrons. The van der Waals surface area contributed by atoms with Crippen LogP contribution < -0.4 is 5.32 Å². The fourth-order valence-corrected chi connectivity index (χ4v) is 10.0. The second-order valence-corrected chi connectivity index (χ2v) is 14.0. The highest BCUT2D eigenvalue weighted by Crippen LogP contribution is 2.53. The van der Waals surface area contributed by atoms with Crippen LogP contribution in [0.25, 0.3) is 10.6 Å². The molecule has 8 heteroatoms. The molecular weight excluding hydrogens is 466 g/mol. The van der Waals surface area contributed by atoms with E-state index in [1.807, 2.05) is 24.3 Å². The van der Waals surface area contributed by atoms with E-state index in [0.717, 1.165) is 34.7 Å². The first kappa shape index (κ1) is 22.7. The molecule has 3 bridgehead atoms. The van der Waals surface area contributed by atoms with Crippen molar-refractivity contribution >= 4 is 27.3 Å². The topological polar surface area (TPSA) is 79.4 Å². The largest absolute Gasteiger partial charge is 0.353 e. The molecule has 3 aliphatic carbocycles. The molecular formula is C26H33N3O3S2. The van der Waals surface area contributed by atoms with Gasteiger partial charge in [0.15, 0.2) is 0 Å². The monoisotopic (exact) mass is 499 g/mol. The Morgan fingerprint density at radius 2 is 1.74 bits per heavy atom. The van der Waals surface area contributed by atoms with Crippen LogP contribution in [0.15, 0.2) is 40.7 Å². The van der Waals surface area contributed by atoms with Gasteiger partial charge in [0.05, 0.1) is 10.6 Å². The van der Waals surface area contributed by atoms with Crippen molar-refractivity contribution in [2.75, 3.05) is 13.1 Å². The van der Waals surface area contributed by atoms with Gasteiger partial charge in [0, 0.05) is 31.2 Å². The molecule has 0 aromatic carbocycles. The lowest BCUT2D eigenvalue weighted by atomic mass is 9.77. The van der Waals surface area contributed by atoms with Crippen molar-refractivity contribution in [1.82, 2.24) is 14.6 Å². The Kier molecular flexibility index (Phi) is 6.02. The standard InChI is InChI=1S/C26H33N3O3S2/c30-26(28-22-5-4-19-13-17-14-20(19)16-21(22)15-17)18-8-11-29(12-9-18)34(31,32)25-7-6-24(33-25)23-3-1-2-10-27-23/h1-3,6-7,10,17-22H,4-5,8-9,11-16H2,(H,28,30). The van der Waals surface area contributed by atoms with E-state index in [-0.39, 0.29) is 11.8 Å². The van der Waals surface area contributed by atoms with E-state index in [1.54, 1.807) is 16.6 Å². The predicted octanol–water partition coefficient (Wildman–Crippen LogP) is 4.54. The first-order valence-electron chi connectivity index (χ1n) is 12.8. The molecule has 6 rings (SSSR count). The Hall–Kier alpha value is -1.77. The minimum atomic E-state index is -3.55. The Labute approximate surface area is 206 Å². The molecule has 4 fully saturated rings. The van der Waals surface area contributed by atoms with Gasteiger partial charge in [-0.25, -0.2) is 8.42 Å². The van der Waals surface area contributed by atoms with Crippen LogP contribution in [0.3, 0.4) is 0 Å². The second kappa shape index (κ2) is 9.03. The normalized spacial score (nSPS) is 31.9. The van der Waals surface area contributed by atoms with Crippen LogP contribution in [0.4, 0.5) is 0 Å². The maximum absolute atomic E-state index is 13.2. The summed E-state index contributed by atoms with van der Waals surface area (Å²) in [6.45, 7) is 0.801. The maximum atomic E-state index is 13.2. The SMILES string of the molecule is O=C(NC1CCC2CC3CC2CC1C3)C1CCN(S(=O)(=O)c2ccc(-c3ccccn3)s2)CC1. The third kappa shape index (κ3) is 4.22. The lowest BCUT2D eigenvalue weighted by Gasteiger charge is -2.35. The third-order valence-corrected chi connectivity index (χ3v) is 12.3. The van der Waals surface area contributed by atoms with Crippen molar-refractivity contribution in [1.29, 1.82) is 0 Å². The molecule has 182 valence electrons. The molecule has 0 spiro atoms. The quantitative estimate of drug-likeness (QED) is 0.655. The average molecular weight is 500 g/mol. The van der Waals surface area contributed by atoms with Gasteiger partial charge in [-0.15, -0.1) is 11.3 Å². The van der Waals surface area contributed by atoms with E-state index < -0.39 is 10.0 Å². The summed E-state index contributed by atoms with van der Waals surface area (Å²) in [4.78, 5) is 18.3. The molecule has 4 aliphatic rings. The fourth-order valence-electron chi connectivity index (χ4n) is 7.12. The summed E-state index contributed by atoms with van der Waals surface area (Å²) in [6, 6.07) is 9.46. The molecule has 1 aliphatic heterocycles. The van der Waals surface area contributed by atoms with Crippen molar-refractivity contribution in [3.05, 3.63) is 36.5 Å². The third-order valence-electron chi connectivity index (χ3n) is 8.84. The molecule has 3 saturated carbocycles. The van der Waals surface area contributed by atoms with Crippen molar-refractivity contribution in [3.8, 4) is 10.6 Å². The van der Waals surface area contributed by atoms with Gasteiger partial charge in [-0.2, -0.15) is 4.31 Å². The van der Waals surface area contributed by atoms with E-state index in [2.05, 4.69) is 10.3 Å². The summed E-state index contributed by atoms with van der Waals surface area (Å²) in [6.07, 6.45) is 10.7. The highest BCUT2D eigenvalue weighted by Gasteiger charge is 2.46. The molecule has 1 N–H and O–H groups in total. The molecule has 1 amide bonds. The average Bonchev–Trinajstić information content (AvgIpc) is 3.44. The van der Waals surface area contributed by atoms with Crippen LogP contribution in [-0.4, -0.2) is 42.7 Å². The number of carbonyl (C=O) groups is 1. The Morgan fingerprint density at radius 1 is 0.941 bits per heavy atom. The van der Waals surface area contributed by atoms with Gasteiger partial charge in [-0.05, 0) is 99.3 Å². The van der Waals surface area contributed by atoms with Crippen LogP contribution in [0.5, 0.6) is 0 Å². The number of nitrogens with one attached hydrogen (secondary N) is 1. The van der Waals surface area contributed by atoms with E-state index in [0.29, 0.717) is 42.1 Å². The number of fused-ring (bicyclic) bond motifs is 2. The van der Waals surface area contributed by atoms with Crippen LogP contribution >= 0.6 is 11.3 Å². The van der Waals surface area contributed by atoms with E-state index in [1.165, 1.54) is 43.4 Å². The molecule has 5 unspecified atom stereocenters. The summed E-state index contributed by atoms with van der Waals surface area (Å²) in [5, 5.41) is 3.42. The van der Waals surface area contributed by atoms with Gasteiger partial charge < -0.3 is 5.32 Å². The van der Waals surface area contributed by atoms with Gasteiger partial charge in [-0.1, -0.05) is 6.07 Å². The zero-order valence-electron chi connectivity index (χ0n) is 19.4. The number of piperidine rings is 1. The first-order valence-corrected chi connectivity index (χ1v) is 15.0. The van der Waals surface area contributed by atoms with Gasteiger partial charge in [0.1, 0.15) is 4.21 Å². The van der Waals surface area contributed by atoms with Crippen LogP contribution in [0.1, 0.15) is 51.4 Å². The number of amides is 1. The highest BCUT2D eigenvalue weighted by molar-refractivity contribution is 7.91. The van der Waals surface area contributed by atoms with Crippen molar-refractivity contribution in [3.63, 3.8) is 0 Å². The molecule has 1 saturated heterocycles. The smallest absolute Gasteiger partial charge is 0.252 e. The molecule has 3 heterocycles. The number of thiophene rings is 1. The number of aromatic nitrogens is 1. The summed E-state index contributed by atoms with van der Waals surface area (Å²) in [7, 11) is -3.55. The molecule has 6 nitrogen and oxygen atoms in total. The van der Waals surface area contributed by atoms with Gasteiger partial charge >= 0.3 is 0 Å². The fraction of sp³-hybridized carbons (Fsp3) is 0.615. The molecule has 34 heavy (non-hydrogen) atoms. The number of carbonyl (C=O) groups excluding carboxylic acids is 1. The number of pyridine rings is 1. The summed E-state index contributed by atoms with van der Waals surface area (Å²) in [5.74, 6) is 3.38. The molecule has 2 aromatic heterocycles. The maximum Gasteiger partial charge on any atom is 0.252 e. The lowest BCUT2D eigenvalue weighted by Crippen LogP contribution is -2.47. The summed E-state index contributed by atoms with van der Waals surface area (Å²) < 4.78 is 28.4. The van der Waals surface area contributed by atoms with E-state index >= 15 is 0 Å². The number of nitrogens with zero attached hydrogens (tertiary/aromatic N) is 2. The number of sulfonamides is 1. The molecule has 2 aromatic rings. The van der Waals surface area contributed by atoms with Crippen LogP contribution in [0.2, 0.25) is 0 Å². The van der Waals surface area contributed by atoms with E-state index in [4.69, 9.17) is 0 Å². The number of hydrogen-bond donors (Lipinski definition) is 1. The Balaban J connectivity index is 1.06. The highest BCUT2D eigenvalue weighted by atomic mass is 32.2.